The zero-order chi connectivity index (χ0) is 8.69. The van der Waals surface area contributed by atoms with Crippen LogP contribution in [0.2, 0.25) is 0 Å². The van der Waals surface area contributed by atoms with Gasteiger partial charge in [-0.1, -0.05) is 0 Å². The maximum atomic E-state index is 2.62. The van der Waals surface area contributed by atoms with Crippen LogP contribution in [0.15, 0.2) is 0 Å². The quantitative estimate of drug-likeness (QED) is 0.614. The Balaban J connectivity index is -0.000000500. The monoisotopic (exact) mass is 222 g/mol. The van der Waals surface area contributed by atoms with Gasteiger partial charge >= 0.3 is 77.5 Å². The van der Waals surface area contributed by atoms with Gasteiger partial charge in [0.2, 0.25) is 0 Å². The fourth-order valence-electron chi connectivity index (χ4n) is 1.13. The fourth-order valence-corrected chi connectivity index (χ4v) is 4.00. The Hall–Kier alpha value is 0.463. The van der Waals surface area contributed by atoms with Gasteiger partial charge in [-0.25, -0.2) is 0 Å². The summed E-state index contributed by atoms with van der Waals surface area (Å²) >= 11 is -0.521. The van der Waals surface area contributed by atoms with Gasteiger partial charge in [0.15, 0.2) is 0 Å². The number of hydrogen-bond acceptors (Lipinski definition) is 2. The minimum absolute atomic E-state index is 0. The van der Waals surface area contributed by atoms with E-state index in [1.807, 2.05) is 0 Å². The van der Waals surface area contributed by atoms with E-state index >= 15 is 0 Å². The second-order valence-corrected chi connectivity index (χ2v) is 7.09. The zero-order valence-electron chi connectivity index (χ0n) is 10.4. The van der Waals surface area contributed by atoms with Crippen LogP contribution in [-0.2, 0) is 0 Å². The van der Waals surface area contributed by atoms with E-state index in [-0.39, 0.29) is 2.85 Å². The van der Waals surface area contributed by atoms with Crippen LogP contribution in [0, 0.1) is 0 Å². The van der Waals surface area contributed by atoms with Gasteiger partial charge in [-0.15, -0.1) is 0 Å². The molecule has 0 amide bonds. The number of hydrogen-bond donors (Lipinski definition) is 0. The molecule has 0 aliphatic carbocycles. The van der Waals surface area contributed by atoms with Gasteiger partial charge in [-0.3, -0.25) is 0 Å². The largest absolute Gasteiger partial charge is 1.00 e. The molecule has 0 aromatic carbocycles. The zero-order valence-corrected chi connectivity index (χ0v) is 11.4. The maximum Gasteiger partial charge on any atom is -1.00 e. The summed E-state index contributed by atoms with van der Waals surface area (Å²) in [6.07, 6.45) is 0. The molecule has 0 bridgehead atoms. The van der Waals surface area contributed by atoms with Crippen molar-refractivity contribution in [1.29, 1.82) is 0 Å². The van der Waals surface area contributed by atoms with E-state index in [1.54, 1.807) is 0 Å². The van der Waals surface area contributed by atoms with Crippen LogP contribution in [0.3, 0.4) is 0 Å². The van der Waals surface area contributed by atoms with E-state index in [0.29, 0.717) is 0 Å². The Labute approximate surface area is 80.8 Å². The summed E-state index contributed by atoms with van der Waals surface area (Å²) in [6.45, 7) is 14.0. The molecular formula is C8H24GeN2-2. The molecule has 0 fully saturated rings. The molecule has 0 heterocycles. The molecule has 0 aliphatic rings. The van der Waals surface area contributed by atoms with Crippen LogP contribution in [0.5, 0.6) is 0 Å². The van der Waals surface area contributed by atoms with Crippen molar-refractivity contribution in [2.24, 2.45) is 0 Å². The fraction of sp³-hybridized carbons (Fsp3) is 1.00. The topological polar surface area (TPSA) is 6.48 Å². The summed E-state index contributed by atoms with van der Waals surface area (Å²) in [5.41, 5.74) is 0. The molecule has 0 spiro atoms. The third-order valence-corrected chi connectivity index (χ3v) is 7.62. The van der Waals surface area contributed by atoms with Crippen molar-refractivity contribution >= 4 is 15.9 Å². The first kappa shape index (κ1) is 11.5. The summed E-state index contributed by atoms with van der Waals surface area (Å²) in [5, 5.41) is 0. The average molecular weight is 221 g/mol. The first-order chi connectivity index (χ1) is 5.28. The van der Waals surface area contributed by atoms with Gasteiger partial charge in [0.25, 0.3) is 0 Å². The Morgan fingerprint density at radius 3 is 1.27 bits per heavy atom. The first-order valence-corrected chi connectivity index (χ1v) is 7.38. The first-order valence-electron chi connectivity index (χ1n) is 4.73. The van der Waals surface area contributed by atoms with Gasteiger partial charge in [0, 0.05) is 0 Å². The van der Waals surface area contributed by atoms with E-state index in [1.165, 1.54) is 26.2 Å². The molecule has 72 valence electrons. The van der Waals surface area contributed by atoms with Gasteiger partial charge in [-0.05, 0) is 0 Å². The third-order valence-electron chi connectivity index (χ3n) is 2.19. The van der Waals surface area contributed by atoms with Crippen molar-refractivity contribution in [2.75, 3.05) is 26.2 Å². The standard InChI is InChI=1S/C8H22GeN2.2H/c1-5-10(6-2)9-11(7-3)8-4;;/h5-9H2,1-4H3;;/q;2*-1. The van der Waals surface area contributed by atoms with Crippen LogP contribution in [0.1, 0.15) is 30.5 Å². The van der Waals surface area contributed by atoms with Gasteiger partial charge in [-0.2, -0.15) is 0 Å². The number of rotatable bonds is 6. The summed E-state index contributed by atoms with van der Waals surface area (Å²) < 4.78 is 5.25. The van der Waals surface area contributed by atoms with E-state index < -0.39 is 15.9 Å². The second-order valence-electron chi connectivity index (χ2n) is 2.75. The van der Waals surface area contributed by atoms with Gasteiger partial charge in [0.05, 0.1) is 0 Å². The normalized spacial score (nSPS) is 11.5. The van der Waals surface area contributed by atoms with E-state index in [2.05, 4.69) is 35.4 Å². The molecule has 0 atom stereocenters. The van der Waals surface area contributed by atoms with Gasteiger partial charge < -0.3 is 2.85 Å². The predicted octanol–water partition coefficient (Wildman–Crippen LogP) is 0.894. The molecule has 3 heteroatoms. The summed E-state index contributed by atoms with van der Waals surface area (Å²) in [4.78, 5) is 0. The van der Waals surface area contributed by atoms with E-state index in [4.69, 9.17) is 0 Å². The third kappa shape index (κ3) is 4.82. The van der Waals surface area contributed by atoms with Crippen LogP contribution in [0.25, 0.3) is 0 Å². The molecule has 2 nitrogen and oxygen atoms in total. The summed E-state index contributed by atoms with van der Waals surface area (Å²) in [5.74, 6) is 0. The maximum absolute atomic E-state index is 2.62. The molecule has 0 aromatic heterocycles. The smallest absolute Gasteiger partial charge is 1.00 e. The van der Waals surface area contributed by atoms with Crippen molar-refractivity contribution in [1.82, 2.24) is 7.71 Å². The van der Waals surface area contributed by atoms with Crippen LogP contribution >= 0.6 is 0 Å². The molecule has 0 saturated heterocycles. The van der Waals surface area contributed by atoms with Crippen molar-refractivity contribution in [3.63, 3.8) is 0 Å². The molecule has 0 unspecified atom stereocenters. The molecule has 0 aromatic rings. The molecule has 0 aliphatic heterocycles. The minimum atomic E-state index is -0.521. The van der Waals surface area contributed by atoms with E-state index in [0.717, 1.165) is 0 Å². The minimum Gasteiger partial charge on any atom is -1.00 e. The van der Waals surface area contributed by atoms with Crippen LogP contribution < -0.4 is 0 Å². The Morgan fingerprint density at radius 1 is 0.818 bits per heavy atom. The molecule has 11 heavy (non-hydrogen) atoms. The Bertz CT molecular complexity index is 78.2. The average Bonchev–Trinajstić information content (AvgIpc) is 2.07. The summed E-state index contributed by atoms with van der Waals surface area (Å²) in [7, 11) is 0. The van der Waals surface area contributed by atoms with Crippen molar-refractivity contribution in [3.8, 4) is 0 Å². The van der Waals surface area contributed by atoms with Gasteiger partial charge in [0.1, 0.15) is 0 Å². The molecule has 0 rings (SSSR count). The van der Waals surface area contributed by atoms with Crippen LogP contribution in [0.4, 0.5) is 0 Å². The molecule has 0 saturated carbocycles. The predicted molar refractivity (Wildman–Crippen MR) is 56.6 cm³/mol. The Morgan fingerprint density at radius 2 is 1.09 bits per heavy atom. The Kier molecular flexibility index (Phi) is 7.43. The van der Waals surface area contributed by atoms with Crippen LogP contribution in [-0.4, -0.2) is 49.8 Å². The number of nitrogens with zero attached hydrogens (tertiary/aromatic N) is 2. The molecular weight excluding hydrogens is 197 g/mol. The molecule has 0 N–H and O–H groups in total. The second kappa shape index (κ2) is 7.13. The van der Waals surface area contributed by atoms with Crippen molar-refractivity contribution in [2.45, 2.75) is 27.7 Å². The van der Waals surface area contributed by atoms with Crippen molar-refractivity contribution in [3.05, 3.63) is 0 Å². The van der Waals surface area contributed by atoms with Crippen molar-refractivity contribution < 1.29 is 2.85 Å². The SMILES string of the molecule is CC[N](CC)[GeH2][N](CC)CC.[H-].[H-]. The summed E-state index contributed by atoms with van der Waals surface area (Å²) in [6, 6.07) is 0. The molecule has 0 radical (unpaired) electrons. The van der Waals surface area contributed by atoms with E-state index in [9.17, 15) is 0 Å².